The highest BCUT2D eigenvalue weighted by molar-refractivity contribution is 7.15. The van der Waals surface area contributed by atoms with Crippen LogP contribution in [0.15, 0.2) is 53.3 Å². The van der Waals surface area contributed by atoms with Gasteiger partial charge in [-0.05, 0) is 47.5 Å². The first-order chi connectivity index (χ1) is 14.0. The van der Waals surface area contributed by atoms with Gasteiger partial charge in [0.15, 0.2) is 5.82 Å². The lowest BCUT2D eigenvalue weighted by atomic mass is 10.2. The molecular weight excluding hydrogens is 392 g/mol. The summed E-state index contributed by atoms with van der Waals surface area (Å²) in [5.41, 5.74) is 1.37. The molecule has 2 aromatic heterocycles. The van der Waals surface area contributed by atoms with Crippen LogP contribution in [0.5, 0.6) is 5.75 Å². The largest absolute Gasteiger partial charge is 0.497 e. The van der Waals surface area contributed by atoms with Crippen LogP contribution in [-0.2, 0) is 0 Å². The molecule has 4 rings (SSSR count). The predicted octanol–water partition coefficient (Wildman–Crippen LogP) is 2.79. The third kappa shape index (κ3) is 3.90. The van der Waals surface area contributed by atoms with Crippen molar-refractivity contribution >= 4 is 40.2 Å². The monoisotopic (exact) mass is 406 g/mol. The number of hydrogen-bond donors (Lipinski definition) is 0. The van der Waals surface area contributed by atoms with E-state index < -0.39 is 4.92 Å². The Bertz CT molecular complexity index is 1320. The van der Waals surface area contributed by atoms with Crippen molar-refractivity contribution in [3.05, 3.63) is 90.5 Å². The Hall–Kier alpha value is -3.85. The van der Waals surface area contributed by atoms with Crippen LogP contribution in [0.25, 0.3) is 23.2 Å². The van der Waals surface area contributed by atoms with Gasteiger partial charge in [0, 0.05) is 12.1 Å². The van der Waals surface area contributed by atoms with E-state index in [2.05, 4.69) is 10.1 Å². The summed E-state index contributed by atoms with van der Waals surface area (Å²) in [7, 11) is 1.61. The Labute approximate surface area is 168 Å². The van der Waals surface area contributed by atoms with Crippen molar-refractivity contribution in [3.8, 4) is 5.75 Å². The van der Waals surface area contributed by atoms with E-state index in [0.29, 0.717) is 20.9 Å². The molecule has 0 spiro atoms. The molecule has 0 saturated carbocycles. The number of ether oxygens (including phenoxy) is 1. The minimum absolute atomic E-state index is 0.000403. The minimum Gasteiger partial charge on any atom is -0.497 e. The summed E-state index contributed by atoms with van der Waals surface area (Å²) in [4.78, 5) is 27.7. The number of hydrogen-bond acceptors (Lipinski definition) is 7. The van der Waals surface area contributed by atoms with Gasteiger partial charge >= 0.3 is 0 Å². The molecule has 29 heavy (non-hydrogen) atoms. The molecule has 4 aromatic rings. The molecule has 2 aromatic carbocycles. The van der Waals surface area contributed by atoms with Gasteiger partial charge < -0.3 is 4.74 Å². The van der Waals surface area contributed by atoms with Gasteiger partial charge in [-0.25, -0.2) is 0 Å². The standard InChI is InChI=1S/C20H14N4O4S/c1-28-16-9-4-13(5-10-16)6-11-18-21-20-23(22-18)19(25)17(29-20)12-14-2-7-15(8-3-14)24(26)27/h2-12H,1H3/b11-6+,17-12-. The fourth-order valence-corrected chi connectivity index (χ4v) is 3.56. The van der Waals surface area contributed by atoms with Crippen LogP contribution in [0.3, 0.4) is 0 Å². The smallest absolute Gasteiger partial charge is 0.291 e. The number of nitro benzene ring substituents is 1. The van der Waals surface area contributed by atoms with Gasteiger partial charge in [-0.2, -0.15) is 9.50 Å². The summed E-state index contributed by atoms with van der Waals surface area (Å²) < 4.78 is 6.84. The van der Waals surface area contributed by atoms with E-state index in [4.69, 9.17) is 4.74 Å². The molecule has 144 valence electrons. The third-order valence-corrected chi connectivity index (χ3v) is 5.10. The van der Waals surface area contributed by atoms with Gasteiger partial charge in [-0.3, -0.25) is 14.9 Å². The number of nitrogens with zero attached hydrogens (tertiary/aromatic N) is 4. The zero-order valence-corrected chi connectivity index (χ0v) is 16.0. The van der Waals surface area contributed by atoms with E-state index in [1.54, 1.807) is 31.4 Å². The average Bonchev–Trinajstić information content (AvgIpc) is 3.26. The Morgan fingerprint density at radius 1 is 1.07 bits per heavy atom. The normalized spacial score (nSPS) is 12.1. The lowest BCUT2D eigenvalue weighted by molar-refractivity contribution is -0.384. The summed E-state index contributed by atoms with van der Waals surface area (Å²) in [6.45, 7) is 0. The van der Waals surface area contributed by atoms with Crippen LogP contribution in [0.1, 0.15) is 17.0 Å². The van der Waals surface area contributed by atoms with Gasteiger partial charge in [-0.1, -0.05) is 29.5 Å². The summed E-state index contributed by atoms with van der Waals surface area (Å²) in [5, 5.41) is 15.0. The van der Waals surface area contributed by atoms with E-state index in [-0.39, 0.29) is 11.2 Å². The van der Waals surface area contributed by atoms with Crippen molar-refractivity contribution in [2.24, 2.45) is 0 Å². The fourth-order valence-electron chi connectivity index (χ4n) is 2.65. The van der Waals surface area contributed by atoms with Crippen LogP contribution in [0, 0.1) is 10.1 Å². The predicted molar refractivity (Wildman–Crippen MR) is 111 cm³/mol. The maximum atomic E-state index is 12.6. The van der Waals surface area contributed by atoms with E-state index >= 15 is 0 Å². The van der Waals surface area contributed by atoms with Gasteiger partial charge in [0.25, 0.3) is 11.2 Å². The van der Waals surface area contributed by atoms with Crippen molar-refractivity contribution in [2.45, 2.75) is 0 Å². The highest BCUT2D eigenvalue weighted by Crippen LogP contribution is 2.14. The first-order valence-corrected chi connectivity index (χ1v) is 9.33. The van der Waals surface area contributed by atoms with Gasteiger partial charge in [-0.15, -0.1) is 5.10 Å². The quantitative estimate of drug-likeness (QED) is 0.373. The third-order valence-electron chi connectivity index (χ3n) is 4.14. The van der Waals surface area contributed by atoms with Gasteiger partial charge in [0.1, 0.15) is 5.75 Å². The Morgan fingerprint density at radius 2 is 1.76 bits per heavy atom. The molecule has 0 aliphatic rings. The molecule has 9 heteroatoms. The minimum atomic E-state index is -0.465. The molecule has 0 aliphatic carbocycles. The second-order valence-corrected chi connectivity index (χ2v) is 7.04. The summed E-state index contributed by atoms with van der Waals surface area (Å²) in [5.74, 6) is 1.21. The molecule has 0 N–H and O–H groups in total. The van der Waals surface area contributed by atoms with Crippen LogP contribution in [0.2, 0.25) is 0 Å². The van der Waals surface area contributed by atoms with Gasteiger partial charge in [0.2, 0.25) is 4.96 Å². The van der Waals surface area contributed by atoms with E-state index in [1.807, 2.05) is 30.3 Å². The van der Waals surface area contributed by atoms with Crippen molar-refractivity contribution in [2.75, 3.05) is 7.11 Å². The molecule has 0 radical (unpaired) electrons. The number of methoxy groups -OCH3 is 1. The highest BCUT2D eigenvalue weighted by atomic mass is 32.1. The molecule has 0 fully saturated rings. The molecular formula is C20H14N4O4S. The summed E-state index contributed by atoms with van der Waals surface area (Å²) in [6, 6.07) is 13.5. The van der Waals surface area contributed by atoms with Crippen LogP contribution in [-0.4, -0.2) is 26.6 Å². The average molecular weight is 406 g/mol. The molecule has 8 nitrogen and oxygen atoms in total. The van der Waals surface area contributed by atoms with E-state index in [1.165, 1.54) is 28.0 Å². The number of fused-ring (bicyclic) bond motifs is 1. The maximum absolute atomic E-state index is 12.6. The molecule has 0 saturated heterocycles. The second-order valence-electron chi connectivity index (χ2n) is 6.04. The molecule has 0 unspecified atom stereocenters. The van der Waals surface area contributed by atoms with Crippen LogP contribution in [0.4, 0.5) is 5.69 Å². The SMILES string of the molecule is COc1ccc(/C=C/c2nc3s/c(=C\c4ccc([N+](=O)[O-])cc4)c(=O)n3n2)cc1. The zero-order chi connectivity index (χ0) is 20.4. The fraction of sp³-hybridized carbons (Fsp3) is 0.0500. The van der Waals surface area contributed by atoms with Crippen LogP contribution >= 0.6 is 11.3 Å². The van der Waals surface area contributed by atoms with E-state index in [0.717, 1.165) is 11.3 Å². The summed E-state index contributed by atoms with van der Waals surface area (Å²) >= 11 is 1.21. The van der Waals surface area contributed by atoms with Crippen molar-refractivity contribution in [3.63, 3.8) is 0 Å². The zero-order valence-electron chi connectivity index (χ0n) is 15.2. The van der Waals surface area contributed by atoms with E-state index in [9.17, 15) is 14.9 Å². The molecule has 0 amide bonds. The number of thiazole rings is 1. The van der Waals surface area contributed by atoms with Crippen molar-refractivity contribution in [1.29, 1.82) is 0 Å². The summed E-state index contributed by atoms with van der Waals surface area (Å²) in [6.07, 6.45) is 5.26. The molecule has 0 atom stereocenters. The Balaban J connectivity index is 1.60. The molecule has 2 heterocycles. The number of benzene rings is 2. The van der Waals surface area contributed by atoms with Crippen LogP contribution < -0.4 is 14.8 Å². The number of rotatable bonds is 5. The first-order valence-electron chi connectivity index (χ1n) is 8.51. The first kappa shape index (κ1) is 18.5. The topological polar surface area (TPSA) is 99.6 Å². The van der Waals surface area contributed by atoms with Crippen molar-refractivity contribution in [1.82, 2.24) is 14.6 Å². The maximum Gasteiger partial charge on any atom is 0.291 e. The van der Waals surface area contributed by atoms with Crippen molar-refractivity contribution < 1.29 is 9.66 Å². The second kappa shape index (κ2) is 7.64. The van der Waals surface area contributed by atoms with Gasteiger partial charge in [0.05, 0.1) is 16.6 Å². The number of non-ortho nitro benzene ring substituents is 1. The highest BCUT2D eigenvalue weighted by Gasteiger charge is 2.09. The number of nitro groups is 1. The Morgan fingerprint density at radius 3 is 2.38 bits per heavy atom. The molecule has 0 bridgehead atoms. The number of aromatic nitrogens is 3. The lowest BCUT2D eigenvalue weighted by Crippen LogP contribution is -2.23. The Kier molecular flexibility index (Phi) is 4.88. The lowest BCUT2D eigenvalue weighted by Gasteiger charge is -1.98. The molecule has 0 aliphatic heterocycles.